The molecule has 0 saturated heterocycles. The van der Waals surface area contributed by atoms with Crippen molar-refractivity contribution in [3.63, 3.8) is 0 Å². The third-order valence-corrected chi connectivity index (χ3v) is 5.09. The highest BCUT2D eigenvalue weighted by molar-refractivity contribution is 5.30. The smallest absolute Gasteiger partial charge is 0.0521 e. The molecule has 1 fully saturated rings. The van der Waals surface area contributed by atoms with E-state index in [1.54, 1.807) is 0 Å². The van der Waals surface area contributed by atoms with Gasteiger partial charge in [0.25, 0.3) is 0 Å². The lowest BCUT2D eigenvalue weighted by molar-refractivity contribution is 0.168. The van der Waals surface area contributed by atoms with Gasteiger partial charge >= 0.3 is 0 Å². The minimum Gasteiger partial charge on any atom is -0.316 e. The van der Waals surface area contributed by atoms with Crippen molar-refractivity contribution in [1.82, 2.24) is 15.1 Å². The largest absolute Gasteiger partial charge is 0.316 e. The van der Waals surface area contributed by atoms with E-state index in [1.807, 2.05) is 17.9 Å². The highest BCUT2D eigenvalue weighted by Gasteiger charge is 2.44. The second-order valence-corrected chi connectivity index (χ2v) is 6.28. The van der Waals surface area contributed by atoms with Gasteiger partial charge in [0.2, 0.25) is 0 Å². The first kappa shape index (κ1) is 14.3. The topological polar surface area (TPSA) is 29.9 Å². The molecular weight excluding hydrogens is 258 g/mol. The minimum absolute atomic E-state index is 0.332. The van der Waals surface area contributed by atoms with Crippen molar-refractivity contribution in [2.75, 3.05) is 7.05 Å². The van der Waals surface area contributed by atoms with Crippen LogP contribution in [0, 0.1) is 0 Å². The molecule has 1 N–H and O–H groups in total. The Balaban J connectivity index is 1.74. The molecule has 1 aromatic carbocycles. The molecule has 1 unspecified atom stereocenters. The average molecular weight is 283 g/mol. The number of hydrogen-bond acceptors (Lipinski definition) is 2. The second kappa shape index (κ2) is 6.02. The van der Waals surface area contributed by atoms with Crippen LogP contribution in [0.5, 0.6) is 0 Å². The summed E-state index contributed by atoms with van der Waals surface area (Å²) in [6.07, 6.45) is 10.3. The van der Waals surface area contributed by atoms with Crippen LogP contribution in [0.1, 0.15) is 36.8 Å². The fraction of sp³-hybridized carbons (Fsp3) is 0.500. The fourth-order valence-corrected chi connectivity index (χ4v) is 3.77. The van der Waals surface area contributed by atoms with Crippen molar-refractivity contribution in [2.45, 2.75) is 43.6 Å². The minimum atomic E-state index is 0.332. The maximum absolute atomic E-state index is 4.27. The Kier molecular flexibility index (Phi) is 4.11. The quantitative estimate of drug-likeness (QED) is 0.883. The second-order valence-electron chi connectivity index (χ2n) is 6.28. The van der Waals surface area contributed by atoms with Gasteiger partial charge in [-0.15, -0.1) is 0 Å². The normalized spacial score (nSPS) is 18.2. The van der Waals surface area contributed by atoms with E-state index in [9.17, 15) is 0 Å². The third-order valence-electron chi connectivity index (χ3n) is 5.09. The summed E-state index contributed by atoms with van der Waals surface area (Å²) in [5.74, 6) is 0. The number of hydrogen-bond donors (Lipinski definition) is 1. The van der Waals surface area contributed by atoms with Gasteiger partial charge in [-0.05, 0) is 43.9 Å². The fourth-order valence-electron chi connectivity index (χ4n) is 3.77. The Morgan fingerprint density at radius 3 is 2.57 bits per heavy atom. The van der Waals surface area contributed by atoms with Gasteiger partial charge in [-0.25, -0.2) is 0 Å². The van der Waals surface area contributed by atoms with Gasteiger partial charge < -0.3 is 5.32 Å². The number of benzene rings is 1. The molecule has 2 aromatic rings. The van der Waals surface area contributed by atoms with Crippen molar-refractivity contribution in [1.29, 1.82) is 0 Å². The maximum Gasteiger partial charge on any atom is 0.0521 e. The molecule has 1 atom stereocenters. The SMILES string of the molecule is CNC(CCc1cnn(C)c1)C1(c2ccccc2)CCC1. The van der Waals surface area contributed by atoms with E-state index in [0.29, 0.717) is 11.5 Å². The first-order valence-electron chi connectivity index (χ1n) is 7.95. The summed E-state index contributed by atoms with van der Waals surface area (Å²) in [5.41, 5.74) is 3.17. The van der Waals surface area contributed by atoms with Gasteiger partial charge in [0, 0.05) is 24.7 Å². The van der Waals surface area contributed by atoms with Crippen molar-refractivity contribution >= 4 is 0 Å². The molecule has 0 radical (unpaired) electrons. The number of nitrogens with one attached hydrogen (secondary N) is 1. The number of aryl methyl sites for hydroxylation is 2. The highest BCUT2D eigenvalue weighted by atomic mass is 15.2. The van der Waals surface area contributed by atoms with Crippen LogP contribution in [0.4, 0.5) is 0 Å². The summed E-state index contributed by atoms with van der Waals surface area (Å²) in [6, 6.07) is 11.6. The number of nitrogens with zero attached hydrogens (tertiary/aromatic N) is 2. The summed E-state index contributed by atoms with van der Waals surface area (Å²) in [5, 5.41) is 7.86. The summed E-state index contributed by atoms with van der Waals surface area (Å²) in [7, 11) is 4.09. The van der Waals surface area contributed by atoms with Crippen LogP contribution in [0.25, 0.3) is 0 Å². The molecule has 0 bridgehead atoms. The first-order valence-corrected chi connectivity index (χ1v) is 7.95. The average Bonchev–Trinajstić information content (AvgIpc) is 2.88. The standard InChI is InChI=1S/C18H25N3/c1-19-17(10-9-15-13-20-21(2)14-15)18(11-6-12-18)16-7-4-3-5-8-16/h3-5,7-8,13-14,17,19H,6,9-12H2,1-2H3. The van der Waals surface area contributed by atoms with E-state index in [2.05, 4.69) is 54.0 Å². The van der Waals surface area contributed by atoms with Crippen LogP contribution in [0.2, 0.25) is 0 Å². The molecule has 1 aliphatic rings. The Labute approximate surface area is 127 Å². The van der Waals surface area contributed by atoms with Crippen molar-refractivity contribution in [3.8, 4) is 0 Å². The van der Waals surface area contributed by atoms with E-state index in [0.717, 1.165) is 12.8 Å². The van der Waals surface area contributed by atoms with E-state index < -0.39 is 0 Å². The van der Waals surface area contributed by atoms with Crippen LogP contribution in [0.15, 0.2) is 42.7 Å². The van der Waals surface area contributed by atoms with E-state index in [-0.39, 0.29) is 0 Å². The zero-order valence-electron chi connectivity index (χ0n) is 13.0. The van der Waals surface area contributed by atoms with Gasteiger partial charge in [0.15, 0.2) is 0 Å². The van der Waals surface area contributed by atoms with Crippen LogP contribution >= 0.6 is 0 Å². The monoisotopic (exact) mass is 283 g/mol. The van der Waals surface area contributed by atoms with Crippen LogP contribution in [-0.2, 0) is 18.9 Å². The zero-order valence-corrected chi connectivity index (χ0v) is 13.0. The molecule has 1 aromatic heterocycles. The molecule has 1 saturated carbocycles. The van der Waals surface area contributed by atoms with Crippen LogP contribution in [-0.4, -0.2) is 22.9 Å². The molecule has 3 heteroatoms. The van der Waals surface area contributed by atoms with Crippen molar-refractivity contribution in [2.24, 2.45) is 7.05 Å². The van der Waals surface area contributed by atoms with Gasteiger partial charge in [-0.3, -0.25) is 4.68 Å². The summed E-state index contributed by atoms with van der Waals surface area (Å²) in [4.78, 5) is 0. The van der Waals surface area contributed by atoms with Gasteiger partial charge in [0.05, 0.1) is 6.20 Å². The zero-order chi connectivity index (χ0) is 14.7. The lowest BCUT2D eigenvalue weighted by Gasteiger charge is -2.48. The summed E-state index contributed by atoms with van der Waals surface area (Å²) >= 11 is 0. The number of aromatic nitrogens is 2. The van der Waals surface area contributed by atoms with Crippen molar-refractivity contribution in [3.05, 3.63) is 53.9 Å². The Morgan fingerprint density at radius 1 is 1.29 bits per heavy atom. The molecule has 0 amide bonds. The van der Waals surface area contributed by atoms with Crippen molar-refractivity contribution < 1.29 is 0 Å². The van der Waals surface area contributed by atoms with E-state index in [4.69, 9.17) is 0 Å². The van der Waals surface area contributed by atoms with Gasteiger partial charge in [0.1, 0.15) is 0 Å². The number of likely N-dealkylation sites (N-methyl/N-ethyl adjacent to an activating group) is 1. The molecule has 1 aliphatic carbocycles. The molecule has 0 aliphatic heterocycles. The summed E-state index contributed by atoms with van der Waals surface area (Å²) < 4.78 is 1.89. The van der Waals surface area contributed by atoms with Gasteiger partial charge in [-0.1, -0.05) is 36.8 Å². The van der Waals surface area contributed by atoms with E-state index >= 15 is 0 Å². The Hall–Kier alpha value is -1.61. The molecule has 0 spiro atoms. The van der Waals surface area contributed by atoms with Crippen LogP contribution < -0.4 is 5.32 Å². The molecule has 3 nitrogen and oxygen atoms in total. The lowest BCUT2D eigenvalue weighted by Crippen LogP contribution is -2.51. The predicted octanol–water partition coefficient (Wildman–Crippen LogP) is 3.06. The first-order chi connectivity index (χ1) is 10.2. The molecular formula is C18H25N3. The predicted molar refractivity (Wildman–Crippen MR) is 86.3 cm³/mol. The van der Waals surface area contributed by atoms with Crippen LogP contribution in [0.3, 0.4) is 0 Å². The molecule has 112 valence electrons. The maximum atomic E-state index is 4.27. The lowest BCUT2D eigenvalue weighted by atomic mass is 9.59. The summed E-state index contributed by atoms with van der Waals surface area (Å²) in [6.45, 7) is 0. The van der Waals surface area contributed by atoms with Gasteiger partial charge in [-0.2, -0.15) is 5.10 Å². The Morgan fingerprint density at radius 2 is 2.05 bits per heavy atom. The highest BCUT2D eigenvalue weighted by Crippen LogP contribution is 2.47. The van der Waals surface area contributed by atoms with E-state index in [1.165, 1.54) is 30.4 Å². The molecule has 1 heterocycles. The molecule has 21 heavy (non-hydrogen) atoms. The number of rotatable bonds is 6. The third kappa shape index (κ3) is 2.75. The Bertz CT molecular complexity index is 569. The molecule has 3 rings (SSSR count).